The van der Waals surface area contributed by atoms with Crippen LogP contribution in [0, 0.1) is 13.8 Å². The second-order valence-electron chi connectivity index (χ2n) is 6.19. The number of hydrogen-bond donors (Lipinski definition) is 0. The summed E-state index contributed by atoms with van der Waals surface area (Å²) >= 11 is 0. The first-order valence-electron chi connectivity index (χ1n) is 7.42. The van der Waals surface area contributed by atoms with E-state index < -0.39 is 0 Å². The summed E-state index contributed by atoms with van der Waals surface area (Å²) < 4.78 is 0. The maximum atomic E-state index is 2.26. The van der Waals surface area contributed by atoms with Crippen LogP contribution < -0.4 is 9.80 Å². The average Bonchev–Trinajstić information content (AvgIpc) is 2.42. The first-order valence-corrected chi connectivity index (χ1v) is 7.42. The van der Waals surface area contributed by atoms with E-state index in [0.29, 0.717) is 0 Å². The minimum Gasteiger partial charge on any atom is -0.378 e. The monoisotopic (exact) mass is 282 g/mol. The van der Waals surface area contributed by atoms with Crippen LogP contribution in [0.3, 0.4) is 0 Å². The maximum absolute atomic E-state index is 2.26. The molecule has 112 valence electrons. The van der Waals surface area contributed by atoms with Crippen molar-refractivity contribution in [2.75, 3.05) is 38.0 Å². The second kappa shape index (κ2) is 6.21. The summed E-state index contributed by atoms with van der Waals surface area (Å²) in [6.45, 7) is 4.40. The van der Waals surface area contributed by atoms with Gasteiger partial charge in [0, 0.05) is 39.6 Å². The Labute approximate surface area is 129 Å². The second-order valence-corrected chi connectivity index (χ2v) is 6.19. The van der Waals surface area contributed by atoms with Crippen LogP contribution in [-0.2, 0) is 6.42 Å². The molecule has 0 radical (unpaired) electrons. The minimum absolute atomic E-state index is 0.999. The van der Waals surface area contributed by atoms with Gasteiger partial charge in [-0.05, 0) is 66.8 Å². The Hall–Kier alpha value is -1.96. The first kappa shape index (κ1) is 15.4. The van der Waals surface area contributed by atoms with Gasteiger partial charge in [0.25, 0.3) is 0 Å². The van der Waals surface area contributed by atoms with E-state index in [9.17, 15) is 0 Å². The summed E-state index contributed by atoms with van der Waals surface area (Å²) in [7, 11) is 8.33. The molecule has 2 aromatic carbocycles. The highest BCUT2D eigenvalue weighted by Gasteiger charge is 2.06. The van der Waals surface area contributed by atoms with Crippen molar-refractivity contribution in [3.05, 3.63) is 58.7 Å². The van der Waals surface area contributed by atoms with Crippen LogP contribution >= 0.6 is 0 Å². The topological polar surface area (TPSA) is 6.48 Å². The van der Waals surface area contributed by atoms with E-state index in [1.54, 1.807) is 0 Å². The molecule has 0 aliphatic rings. The Balaban J connectivity index is 2.26. The summed E-state index contributed by atoms with van der Waals surface area (Å²) in [6.07, 6.45) is 0.999. The maximum Gasteiger partial charge on any atom is 0.0363 e. The van der Waals surface area contributed by atoms with Gasteiger partial charge in [-0.15, -0.1) is 0 Å². The molecule has 2 aromatic rings. The highest BCUT2D eigenvalue weighted by molar-refractivity contribution is 5.53. The van der Waals surface area contributed by atoms with E-state index in [4.69, 9.17) is 0 Å². The van der Waals surface area contributed by atoms with E-state index in [-0.39, 0.29) is 0 Å². The zero-order chi connectivity index (χ0) is 15.6. The van der Waals surface area contributed by atoms with Crippen molar-refractivity contribution in [1.29, 1.82) is 0 Å². The van der Waals surface area contributed by atoms with Gasteiger partial charge in [0.2, 0.25) is 0 Å². The van der Waals surface area contributed by atoms with Crippen LogP contribution in [0.4, 0.5) is 11.4 Å². The van der Waals surface area contributed by atoms with Gasteiger partial charge >= 0.3 is 0 Å². The third-order valence-corrected chi connectivity index (χ3v) is 4.07. The zero-order valence-electron chi connectivity index (χ0n) is 14.1. The molecule has 0 aliphatic heterocycles. The lowest BCUT2D eigenvalue weighted by atomic mass is 9.96. The largest absolute Gasteiger partial charge is 0.378 e. The predicted molar refractivity (Wildman–Crippen MR) is 93.8 cm³/mol. The van der Waals surface area contributed by atoms with Gasteiger partial charge in [-0.3, -0.25) is 0 Å². The molecule has 0 saturated carbocycles. The van der Waals surface area contributed by atoms with Crippen molar-refractivity contribution in [3.63, 3.8) is 0 Å². The molecule has 21 heavy (non-hydrogen) atoms. The van der Waals surface area contributed by atoms with E-state index in [2.05, 4.69) is 88.2 Å². The fraction of sp³-hybridized carbons (Fsp3) is 0.368. The van der Waals surface area contributed by atoms with E-state index >= 15 is 0 Å². The van der Waals surface area contributed by atoms with Crippen molar-refractivity contribution >= 4 is 11.4 Å². The van der Waals surface area contributed by atoms with Crippen LogP contribution in [0.15, 0.2) is 36.4 Å². The standard InChI is InChI=1S/C19H26N2/c1-14-11-18(20(3)4)9-7-16(14)13-17-8-10-19(21(5)6)12-15(17)2/h7-12H,13H2,1-6H3. The quantitative estimate of drug-likeness (QED) is 0.835. The molecule has 0 bridgehead atoms. The molecule has 0 spiro atoms. The number of anilines is 2. The molecule has 0 unspecified atom stereocenters. The van der Waals surface area contributed by atoms with Gasteiger partial charge in [0.1, 0.15) is 0 Å². The Morgan fingerprint density at radius 1 is 0.667 bits per heavy atom. The summed E-state index contributed by atoms with van der Waals surface area (Å²) in [6, 6.07) is 13.4. The van der Waals surface area contributed by atoms with E-state index in [1.165, 1.54) is 33.6 Å². The Morgan fingerprint density at radius 3 is 1.33 bits per heavy atom. The molecule has 2 heteroatoms. The van der Waals surface area contributed by atoms with Crippen molar-refractivity contribution in [2.24, 2.45) is 0 Å². The Kier molecular flexibility index (Phi) is 4.56. The number of benzene rings is 2. The molecule has 0 heterocycles. The van der Waals surface area contributed by atoms with Gasteiger partial charge in [0.05, 0.1) is 0 Å². The van der Waals surface area contributed by atoms with Crippen LogP contribution in [0.2, 0.25) is 0 Å². The SMILES string of the molecule is Cc1cc(N(C)C)ccc1Cc1ccc(N(C)C)cc1C. The fourth-order valence-electron chi connectivity index (χ4n) is 2.52. The molecule has 0 aliphatic carbocycles. The van der Waals surface area contributed by atoms with Gasteiger partial charge in [-0.25, -0.2) is 0 Å². The van der Waals surface area contributed by atoms with Gasteiger partial charge in [-0.2, -0.15) is 0 Å². The van der Waals surface area contributed by atoms with Crippen molar-refractivity contribution in [2.45, 2.75) is 20.3 Å². The summed E-state index contributed by atoms with van der Waals surface area (Å²) in [4.78, 5) is 4.29. The third-order valence-electron chi connectivity index (χ3n) is 4.07. The highest BCUT2D eigenvalue weighted by atomic mass is 15.1. The first-order chi connectivity index (χ1) is 9.88. The van der Waals surface area contributed by atoms with E-state index in [0.717, 1.165) is 6.42 Å². The molecule has 2 rings (SSSR count). The van der Waals surface area contributed by atoms with Crippen molar-refractivity contribution in [3.8, 4) is 0 Å². The van der Waals surface area contributed by atoms with Crippen LogP contribution in [0.5, 0.6) is 0 Å². The predicted octanol–water partition coefficient (Wildman–Crippen LogP) is 4.03. The molecule has 0 saturated heterocycles. The average molecular weight is 282 g/mol. The third kappa shape index (κ3) is 3.57. The van der Waals surface area contributed by atoms with Gasteiger partial charge in [0.15, 0.2) is 0 Å². The molecule has 0 fully saturated rings. The van der Waals surface area contributed by atoms with Crippen LogP contribution in [0.25, 0.3) is 0 Å². The number of hydrogen-bond acceptors (Lipinski definition) is 2. The smallest absolute Gasteiger partial charge is 0.0363 e. The number of rotatable bonds is 4. The number of aryl methyl sites for hydroxylation is 2. The minimum atomic E-state index is 0.999. The van der Waals surface area contributed by atoms with Gasteiger partial charge < -0.3 is 9.80 Å². The lowest BCUT2D eigenvalue weighted by molar-refractivity contribution is 1.08. The molecule has 0 aromatic heterocycles. The normalized spacial score (nSPS) is 10.6. The van der Waals surface area contributed by atoms with Crippen LogP contribution in [0.1, 0.15) is 22.3 Å². The summed E-state index contributed by atoms with van der Waals surface area (Å²) in [5.74, 6) is 0. The lowest BCUT2D eigenvalue weighted by Gasteiger charge is -2.17. The summed E-state index contributed by atoms with van der Waals surface area (Å²) in [5.41, 5.74) is 8.05. The summed E-state index contributed by atoms with van der Waals surface area (Å²) in [5, 5.41) is 0. The van der Waals surface area contributed by atoms with Crippen LogP contribution in [-0.4, -0.2) is 28.2 Å². The molecule has 0 atom stereocenters. The molecule has 0 amide bonds. The Bertz CT molecular complexity index is 572. The number of nitrogens with zero attached hydrogens (tertiary/aromatic N) is 2. The Morgan fingerprint density at radius 2 is 1.05 bits per heavy atom. The molecule has 0 N–H and O–H groups in total. The van der Waals surface area contributed by atoms with Crippen molar-refractivity contribution in [1.82, 2.24) is 0 Å². The molecule has 2 nitrogen and oxygen atoms in total. The van der Waals surface area contributed by atoms with Crippen molar-refractivity contribution < 1.29 is 0 Å². The molecular weight excluding hydrogens is 256 g/mol. The van der Waals surface area contributed by atoms with E-state index in [1.807, 2.05) is 0 Å². The zero-order valence-corrected chi connectivity index (χ0v) is 14.1. The highest BCUT2D eigenvalue weighted by Crippen LogP contribution is 2.23. The van der Waals surface area contributed by atoms with Gasteiger partial charge in [-0.1, -0.05) is 12.1 Å². The molecular formula is C19H26N2. The fourth-order valence-corrected chi connectivity index (χ4v) is 2.52. The lowest BCUT2D eigenvalue weighted by Crippen LogP contribution is -2.09.